The third-order valence-corrected chi connectivity index (χ3v) is 4.40. The van der Waals surface area contributed by atoms with Crippen LogP contribution >= 0.6 is 11.6 Å². The molecule has 1 saturated heterocycles. The van der Waals surface area contributed by atoms with Crippen molar-refractivity contribution in [1.29, 1.82) is 0 Å². The molecule has 0 unspecified atom stereocenters. The molecule has 132 valence electrons. The van der Waals surface area contributed by atoms with Crippen molar-refractivity contribution in [2.24, 2.45) is 0 Å². The van der Waals surface area contributed by atoms with E-state index < -0.39 is 17.8 Å². The molecule has 1 fully saturated rings. The minimum absolute atomic E-state index is 0.155. The molecule has 0 saturated carbocycles. The normalized spacial score (nSPS) is 16.0. The van der Waals surface area contributed by atoms with Crippen molar-refractivity contribution in [3.63, 3.8) is 0 Å². The van der Waals surface area contributed by atoms with E-state index in [9.17, 15) is 14.4 Å². The summed E-state index contributed by atoms with van der Waals surface area (Å²) in [5.74, 6) is -0.882. The number of ether oxygens (including phenoxy) is 1. The van der Waals surface area contributed by atoms with Gasteiger partial charge in [-0.2, -0.15) is 0 Å². The van der Waals surface area contributed by atoms with Crippen LogP contribution in [0.4, 0.5) is 10.5 Å². The van der Waals surface area contributed by atoms with Gasteiger partial charge in [-0.3, -0.25) is 14.9 Å². The van der Waals surface area contributed by atoms with Gasteiger partial charge in [0.15, 0.2) is 0 Å². The van der Waals surface area contributed by atoms with Gasteiger partial charge in [0, 0.05) is 5.02 Å². The first-order valence-corrected chi connectivity index (χ1v) is 8.11. The zero-order valence-electron chi connectivity index (χ0n) is 14.1. The number of barbiturate groups is 1. The van der Waals surface area contributed by atoms with E-state index in [4.69, 9.17) is 16.3 Å². The van der Waals surface area contributed by atoms with Crippen molar-refractivity contribution in [2.75, 3.05) is 12.0 Å². The second-order valence-electron chi connectivity index (χ2n) is 5.62. The molecule has 0 spiro atoms. The Labute approximate surface area is 155 Å². The maximum absolute atomic E-state index is 12.9. The first-order chi connectivity index (χ1) is 12.4. The van der Waals surface area contributed by atoms with Gasteiger partial charge in [0.2, 0.25) is 0 Å². The average molecular weight is 371 g/mol. The molecule has 0 aliphatic carbocycles. The number of methoxy groups -OCH3 is 1. The third kappa shape index (κ3) is 3.19. The Morgan fingerprint density at radius 3 is 2.58 bits per heavy atom. The fourth-order valence-corrected chi connectivity index (χ4v) is 2.78. The summed E-state index contributed by atoms with van der Waals surface area (Å²) in [6, 6.07) is 11.0. The summed E-state index contributed by atoms with van der Waals surface area (Å²) >= 11 is 6.09. The van der Waals surface area contributed by atoms with Crippen molar-refractivity contribution in [3.05, 3.63) is 64.2 Å². The minimum atomic E-state index is -0.812. The number of nitrogens with zero attached hydrogens (tertiary/aromatic N) is 1. The number of imide groups is 2. The van der Waals surface area contributed by atoms with Crippen LogP contribution in [0.25, 0.3) is 6.08 Å². The zero-order chi connectivity index (χ0) is 18.8. The molecule has 0 atom stereocenters. The van der Waals surface area contributed by atoms with Crippen LogP contribution in [0.15, 0.2) is 48.0 Å². The molecular formula is C19H15ClN2O4. The van der Waals surface area contributed by atoms with Crippen LogP contribution in [0.2, 0.25) is 5.02 Å². The van der Waals surface area contributed by atoms with Crippen LogP contribution in [-0.2, 0) is 9.59 Å². The smallest absolute Gasteiger partial charge is 0.335 e. The largest absolute Gasteiger partial charge is 0.497 e. The lowest BCUT2D eigenvalue weighted by atomic mass is 10.1. The molecule has 0 bridgehead atoms. The lowest BCUT2D eigenvalue weighted by Crippen LogP contribution is -2.54. The van der Waals surface area contributed by atoms with E-state index in [0.717, 1.165) is 4.90 Å². The van der Waals surface area contributed by atoms with Crippen LogP contribution in [0, 0.1) is 6.92 Å². The van der Waals surface area contributed by atoms with Crippen LogP contribution in [0.3, 0.4) is 0 Å². The summed E-state index contributed by atoms with van der Waals surface area (Å²) in [6.45, 7) is 1.69. The van der Waals surface area contributed by atoms with Gasteiger partial charge in [0.1, 0.15) is 11.3 Å². The molecular weight excluding hydrogens is 356 g/mol. The summed E-state index contributed by atoms with van der Waals surface area (Å²) in [6.07, 6.45) is 1.42. The molecule has 1 heterocycles. The van der Waals surface area contributed by atoms with E-state index in [2.05, 4.69) is 5.32 Å². The Morgan fingerprint density at radius 1 is 1.12 bits per heavy atom. The van der Waals surface area contributed by atoms with Gasteiger partial charge in [0.05, 0.1) is 12.8 Å². The molecule has 3 rings (SSSR count). The lowest BCUT2D eigenvalue weighted by Gasteiger charge is -2.27. The van der Waals surface area contributed by atoms with E-state index in [1.807, 2.05) is 0 Å². The summed E-state index contributed by atoms with van der Waals surface area (Å²) in [4.78, 5) is 38.2. The number of benzene rings is 2. The van der Waals surface area contributed by atoms with Gasteiger partial charge in [-0.15, -0.1) is 0 Å². The monoisotopic (exact) mass is 370 g/mol. The molecule has 1 aliphatic heterocycles. The SMILES string of the molecule is COc1cccc(/C=C2\C(=O)NC(=O)N(c3cccc(Cl)c3C)C2=O)c1. The van der Waals surface area contributed by atoms with Crippen LogP contribution in [0.5, 0.6) is 5.75 Å². The number of amides is 4. The number of nitrogens with one attached hydrogen (secondary N) is 1. The highest BCUT2D eigenvalue weighted by atomic mass is 35.5. The van der Waals surface area contributed by atoms with Gasteiger partial charge < -0.3 is 4.74 Å². The van der Waals surface area contributed by atoms with Gasteiger partial charge >= 0.3 is 6.03 Å². The van der Waals surface area contributed by atoms with Gasteiger partial charge in [-0.05, 0) is 48.4 Å². The van der Waals surface area contributed by atoms with Crippen molar-refractivity contribution in [1.82, 2.24) is 5.32 Å². The summed E-state index contributed by atoms with van der Waals surface area (Å²) in [7, 11) is 1.52. The van der Waals surface area contributed by atoms with Gasteiger partial charge in [-0.1, -0.05) is 29.8 Å². The first-order valence-electron chi connectivity index (χ1n) is 7.73. The maximum Gasteiger partial charge on any atom is 0.335 e. The van der Waals surface area contributed by atoms with E-state index in [1.165, 1.54) is 13.2 Å². The molecule has 4 amide bonds. The number of halogens is 1. The number of anilines is 1. The molecule has 2 aromatic rings. The van der Waals surface area contributed by atoms with Gasteiger partial charge in [-0.25, -0.2) is 9.69 Å². The molecule has 2 aromatic carbocycles. The number of hydrogen-bond donors (Lipinski definition) is 1. The molecule has 0 aromatic heterocycles. The molecule has 7 heteroatoms. The van der Waals surface area contributed by atoms with Crippen molar-refractivity contribution < 1.29 is 19.1 Å². The molecule has 6 nitrogen and oxygen atoms in total. The zero-order valence-corrected chi connectivity index (χ0v) is 14.8. The van der Waals surface area contributed by atoms with E-state index in [-0.39, 0.29) is 5.57 Å². The third-order valence-electron chi connectivity index (χ3n) is 3.99. The Balaban J connectivity index is 2.05. The quantitative estimate of drug-likeness (QED) is 0.664. The Kier molecular flexibility index (Phi) is 4.77. The second kappa shape index (κ2) is 7.01. The molecule has 26 heavy (non-hydrogen) atoms. The number of hydrogen-bond acceptors (Lipinski definition) is 4. The molecule has 0 radical (unpaired) electrons. The number of carbonyl (C=O) groups is 3. The summed E-state index contributed by atoms with van der Waals surface area (Å²) in [5, 5.41) is 2.60. The highest BCUT2D eigenvalue weighted by Crippen LogP contribution is 2.29. The van der Waals surface area contributed by atoms with E-state index in [0.29, 0.717) is 27.6 Å². The minimum Gasteiger partial charge on any atom is -0.497 e. The highest BCUT2D eigenvalue weighted by molar-refractivity contribution is 6.39. The van der Waals surface area contributed by atoms with Crippen molar-refractivity contribution >= 4 is 41.2 Å². The fraction of sp³-hybridized carbons (Fsp3) is 0.105. The Bertz CT molecular complexity index is 952. The Morgan fingerprint density at radius 2 is 1.85 bits per heavy atom. The fourth-order valence-electron chi connectivity index (χ4n) is 2.61. The predicted octanol–water partition coefficient (Wildman–Crippen LogP) is 3.32. The van der Waals surface area contributed by atoms with Crippen molar-refractivity contribution in [3.8, 4) is 5.75 Å². The van der Waals surface area contributed by atoms with Crippen LogP contribution < -0.4 is 15.0 Å². The number of carbonyl (C=O) groups excluding carboxylic acids is 3. The first kappa shape index (κ1) is 17.7. The van der Waals surface area contributed by atoms with Crippen molar-refractivity contribution in [2.45, 2.75) is 6.92 Å². The Hall–Kier alpha value is -3.12. The van der Waals surface area contributed by atoms with Crippen LogP contribution in [-0.4, -0.2) is 25.0 Å². The van der Waals surface area contributed by atoms with Crippen LogP contribution in [0.1, 0.15) is 11.1 Å². The van der Waals surface area contributed by atoms with E-state index >= 15 is 0 Å². The predicted molar refractivity (Wildman–Crippen MR) is 98.2 cm³/mol. The van der Waals surface area contributed by atoms with E-state index in [1.54, 1.807) is 49.4 Å². The second-order valence-corrected chi connectivity index (χ2v) is 6.03. The molecule has 1 aliphatic rings. The average Bonchev–Trinajstić information content (AvgIpc) is 2.62. The topological polar surface area (TPSA) is 75.7 Å². The van der Waals surface area contributed by atoms with Gasteiger partial charge in [0.25, 0.3) is 11.8 Å². The standard InChI is InChI=1S/C19H15ClN2O4/c1-11-15(20)7-4-8-16(11)22-18(24)14(17(23)21-19(22)25)10-12-5-3-6-13(9-12)26-2/h3-10H,1-2H3,(H,21,23,25)/b14-10+. The number of rotatable bonds is 3. The maximum atomic E-state index is 12.9. The lowest BCUT2D eigenvalue weighted by molar-refractivity contribution is -0.122. The molecule has 1 N–H and O–H groups in total. The number of urea groups is 1. The summed E-state index contributed by atoms with van der Waals surface area (Å²) in [5.41, 5.74) is 1.33. The summed E-state index contributed by atoms with van der Waals surface area (Å²) < 4.78 is 5.14. The highest BCUT2D eigenvalue weighted by Gasteiger charge is 2.37.